The standard InChI is InChI=1S/C26H32FNO4/c1-26-10-9-17-16-3-2-4-22(27)18(16)5-6-19(17)24(26)20(21(15-29)25(26)31)7-8-23(30)28-11-13-32-14-12-28/h2-4,15,17,19-20,24,29H,5-14H2,1H3/b21-15-. The summed E-state index contributed by atoms with van der Waals surface area (Å²) >= 11 is 0. The van der Waals surface area contributed by atoms with Crippen molar-refractivity contribution in [3.8, 4) is 0 Å². The molecule has 4 aliphatic rings. The van der Waals surface area contributed by atoms with Gasteiger partial charge in [0.1, 0.15) is 5.82 Å². The van der Waals surface area contributed by atoms with Crippen molar-refractivity contribution in [3.05, 3.63) is 47.0 Å². The second-order valence-corrected chi connectivity index (χ2v) is 10.2. The number of aliphatic hydroxyl groups is 1. The molecule has 1 aromatic rings. The van der Waals surface area contributed by atoms with Crippen LogP contribution in [0.25, 0.3) is 0 Å². The maximum atomic E-state index is 14.5. The molecule has 1 aromatic carbocycles. The molecule has 0 aromatic heterocycles. The molecule has 5 atom stereocenters. The Labute approximate surface area is 188 Å². The van der Waals surface area contributed by atoms with E-state index in [-0.39, 0.29) is 41.2 Å². The number of allylic oxidation sites excluding steroid dienone is 1. The van der Waals surface area contributed by atoms with Gasteiger partial charge in [0.2, 0.25) is 5.91 Å². The molecule has 6 heteroatoms. The third-order valence-electron chi connectivity index (χ3n) is 8.76. The first-order chi connectivity index (χ1) is 15.5. The highest BCUT2D eigenvalue weighted by Gasteiger charge is 2.60. The number of hydrogen-bond donors (Lipinski definition) is 1. The van der Waals surface area contributed by atoms with Gasteiger partial charge in [-0.3, -0.25) is 9.59 Å². The van der Waals surface area contributed by atoms with Crippen LogP contribution >= 0.6 is 0 Å². The predicted octanol–water partition coefficient (Wildman–Crippen LogP) is 4.17. The molecule has 3 aliphatic carbocycles. The van der Waals surface area contributed by atoms with E-state index in [1.807, 2.05) is 11.8 Å². The third-order valence-corrected chi connectivity index (χ3v) is 8.76. The number of fused-ring (bicyclic) bond motifs is 5. The van der Waals surface area contributed by atoms with E-state index >= 15 is 0 Å². The normalized spacial score (nSPS) is 35.4. The van der Waals surface area contributed by atoms with E-state index in [9.17, 15) is 19.1 Å². The fourth-order valence-electron chi connectivity index (χ4n) is 7.26. The van der Waals surface area contributed by atoms with Gasteiger partial charge in [-0.2, -0.15) is 0 Å². The smallest absolute Gasteiger partial charge is 0.222 e. The average Bonchev–Trinajstić information content (AvgIpc) is 3.04. The lowest BCUT2D eigenvalue weighted by Crippen LogP contribution is -2.44. The number of carbonyl (C=O) groups is 2. The van der Waals surface area contributed by atoms with E-state index < -0.39 is 5.41 Å². The first-order valence-corrected chi connectivity index (χ1v) is 12.0. The van der Waals surface area contributed by atoms with Crippen LogP contribution in [0.5, 0.6) is 0 Å². The van der Waals surface area contributed by atoms with Crippen LogP contribution in [-0.2, 0) is 20.7 Å². The lowest BCUT2D eigenvalue weighted by molar-refractivity contribution is -0.135. The molecule has 172 valence electrons. The fourth-order valence-corrected chi connectivity index (χ4v) is 7.26. The van der Waals surface area contributed by atoms with E-state index in [4.69, 9.17) is 4.74 Å². The number of ether oxygens (including phenoxy) is 1. The molecule has 5 unspecified atom stereocenters. The number of amides is 1. The molecule has 5 nitrogen and oxygen atoms in total. The van der Waals surface area contributed by atoms with Crippen LogP contribution in [0.2, 0.25) is 0 Å². The number of halogens is 1. The van der Waals surface area contributed by atoms with Gasteiger partial charge in [-0.05, 0) is 73.0 Å². The van der Waals surface area contributed by atoms with E-state index in [1.165, 1.54) is 6.07 Å². The molecule has 3 fully saturated rings. The molecule has 1 heterocycles. The first kappa shape index (κ1) is 21.6. The van der Waals surface area contributed by atoms with Gasteiger partial charge in [-0.15, -0.1) is 0 Å². The Morgan fingerprint density at radius 2 is 2.09 bits per heavy atom. The number of Topliss-reactive ketones (excluding diaryl/α,β-unsaturated/α-hetero) is 1. The second-order valence-electron chi connectivity index (χ2n) is 10.2. The number of morpholine rings is 1. The Balaban J connectivity index is 1.43. The molecule has 5 rings (SSSR count). The van der Waals surface area contributed by atoms with Crippen LogP contribution in [0.15, 0.2) is 30.0 Å². The minimum atomic E-state index is -0.521. The minimum absolute atomic E-state index is 0.0392. The highest BCUT2D eigenvalue weighted by Crippen LogP contribution is 2.63. The Morgan fingerprint density at radius 1 is 1.31 bits per heavy atom. The number of benzene rings is 1. The highest BCUT2D eigenvalue weighted by molar-refractivity contribution is 6.03. The van der Waals surface area contributed by atoms with Crippen molar-refractivity contribution >= 4 is 11.7 Å². The van der Waals surface area contributed by atoms with Gasteiger partial charge in [0.15, 0.2) is 5.78 Å². The quantitative estimate of drug-likeness (QED) is 0.565. The third kappa shape index (κ3) is 3.30. The molecule has 0 bridgehead atoms. The number of aliphatic hydroxyl groups excluding tert-OH is 1. The summed E-state index contributed by atoms with van der Waals surface area (Å²) in [5, 5.41) is 10.0. The topological polar surface area (TPSA) is 66.8 Å². The monoisotopic (exact) mass is 441 g/mol. The molecule has 0 spiro atoms. The second kappa shape index (κ2) is 8.29. The van der Waals surface area contributed by atoms with Crippen LogP contribution in [0.3, 0.4) is 0 Å². The van der Waals surface area contributed by atoms with Crippen LogP contribution < -0.4 is 0 Å². The molecule has 1 saturated heterocycles. The lowest BCUT2D eigenvalue weighted by Gasteiger charge is -2.49. The predicted molar refractivity (Wildman–Crippen MR) is 118 cm³/mol. The van der Waals surface area contributed by atoms with Gasteiger partial charge in [0.05, 0.1) is 19.5 Å². The van der Waals surface area contributed by atoms with Gasteiger partial charge in [0.25, 0.3) is 0 Å². The Bertz CT molecular complexity index is 953. The molecule has 2 saturated carbocycles. The summed E-state index contributed by atoms with van der Waals surface area (Å²) in [4.78, 5) is 28.1. The van der Waals surface area contributed by atoms with Crippen LogP contribution in [-0.4, -0.2) is 48.0 Å². The molecule has 1 N–H and O–H groups in total. The molecule has 0 radical (unpaired) electrons. The summed E-state index contributed by atoms with van der Waals surface area (Å²) in [6, 6.07) is 5.38. The van der Waals surface area contributed by atoms with Crippen molar-refractivity contribution in [2.45, 2.75) is 51.4 Å². The number of rotatable bonds is 3. The summed E-state index contributed by atoms with van der Waals surface area (Å²) in [7, 11) is 0. The summed E-state index contributed by atoms with van der Waals surface area (Å²) in [5.41, 5.74) is 1.89. The summed E-state index contributed by atoms with van der Waals surface area (Å²) in [6.45, 7) is 4.40. The lowest BCUT2D eigenvalue weighted by atomic mass is 9.54. The van der Waals surface area contributed by atoms with Crippen molar-refractivity contribution in [1.82, 2.24) is 4.90 Å². The molecular formula is C26H32FNO4. The fraction of sp³-hybridized carbons (Fsp3) is 0.615. The number of hydrogen-bond acceptors (Lipinski definition) is 4. The zero-order chi connectivity index (χ0) is 22.5. The van der Waals surface area contributed by atoms with Crippen LogP contribution in [0, 0.1) is 29.0 Å². The number of ketones is 1. The average molecular weight is 442 g/mol. The highest BCUT2D eigenvalue weighted by atomic mass is 19.1. The van der Waals surface area contributed by atoms with Crippen molar-refractivity contribution < 1.29 is 23.8 Å². The zero-order valence-electron chi connectivity index (χ0n) is 18.7. The largest absolute Gasteiger partial charge is 0.515 e. The Hall–Kier alpha value is -2.21. The number of nitrogens with zero attached hydrogens (tertiary/aromatic N) is 1. The van der Waals surface area contributed by atoms with E-state index in [1.54, 1.807) is 6.07 Å². The van der Waals surface area contributed by atoms with E-state index in [0.717, 1.165) is 36.7 Å². The minimum Gasteiger partial charge on any atom is -0.515 e. The van der Waals surface area contributed by atoms with E-state index in [2.05, 4.69) is 6.07 Å². The van der Waals surface area contributed by atoms with Gasteiger partial charge >= 0.3 is 0 Å². The van der Waals surface area contributed by atoms with Gasteiger partial charge in [0, 0.05) is 30.5 Å². The van der Waals surface area contributed by atoms with Gasteiger partial charge < -0.3 is 14.7 Å². The number of carbonyl (C=O) groups excluding carboxylic acids is 2. The van der Waals surface area contributed by atoms with Crippen LogP contribution in [0.4, 0.5) is 4.39 Å². The molecule has 32 heavy (non-hydrogen) atoms. The summed E-state index contributed by atoms with van der Waals surface area (Å²) < 4.78 is 19.8. The first-order valence-electron chi connectivity index (χ1n) is 12.0. The van der Waals surface area contributed by atoms with Crippen molar-refractivity contribution in [2.24, 2.45) is 23.2 Å². The van der Waals surface area contributed by atoms with Crippen LogP contribution in [0.1, 0.15) is 56.1 Å². The SMILES string of the molecule is CC12CCC3c4cccc(F)c4CCC3C1C(CCC(=O)N1CCOCC1)/C(=C/O)C2=O. The maximum absolute atomic E-state index is 14.5. The van der Waals surface area contributed by atoms with E-state index in [0.29, 0.717) is 51.1 Å². The van der Waals surface area contributed by atoms with Gasteiger partial charge in [-0.25, -0.2) is 4.39 Å². The Kier molecular flexibility index (Phi) is 5.60. The van der Waals surface area contributed by atoms with Crippen molar-refractivity contribution in [2.75, 3.05) is 26.3 Å². The summed E-state index contributed by atoms with van der Waals surface area (Å²) in [5.74, 6) is 0.433. The van der Waals surface area contributed by atoms with Crippen molar-refractivity contribution in [3.63, 3.8) is 0 Å². The maximum Gasteiger partial charge on any atom is 0.222 e. The molecule has 1 amide bonds. The zero-order valence-corrected chi connectivity index (χ0v) is 18.7. The summed E-state index contributed by atoms with van der Waals surface area (Å²) in [6.07, 6.45) is 5.05. The molecular weight excluding hydrogens is 409 g/mol. The van der Waals surface area contributed by atoms with Crippen molar-refractivity contribution in [1.29, 1.82) is 0 Å². The Morgan fingerprint density at radius 3 is 2.84 bits per heavy atom. The molecule has 1 aliphatic heterocycles. The van der Waals surface area contributed by atoms with Gasteiger partial charge in [-0.1, -0.05) is 19.1 Å².